The molecule has 0 aliphatic heterocycles. The molecule has 16 heavy (non-hydrogen) atoms. The Morgan fingerprint density at radius 3 is 2.06 bits per heavy atom. The van der Waals surface area contributed by atoms with E-state index in [2.05, 4.69) is 41.4 Å². The summed E-state index contributed by atoms with van der Waals surface area (Å²) in [4.78, 5) is 0. The van der Waals surface area contributed by atoms with Gasteiger partial charge in [0.05, 0.1) is 0 Å². The van der Waals surface area contributed by atoms with E-state index in [4.69, 9.17) is 0 Å². The van der Waals surface area contributed by atoms with Crippen molar-refractivity contribution in [1.29, 1.82) is 0 Å². The largest absolute Gasteiger partial charge is 0.283 e. The molecule has 0 aliphatic carbocycles. The first-order valence-electron chi connectivity index (χ1n) is 4.91. The first-order valence-corrected chi connectivity index (χ1v) is 7.69. The van der Waals surface area contributed by atoms with Gasteiger partial charge in [-0.3, -0.25) is 4.72 Å². The lowest BCUT2D eigenvalue weighted by atomic mass is 9.87. The Morgan fingerprint density at radius 1 is 1.19 bits per heavy atom. The van der Waals surface area contributed by atoms with Crippen LogP contribution < -0.4 is 4.72 Å². The highest BCUT2D eigenvalue weighted by Crippen LogP contribution is 2.23. The van der Waals surface area contributed by atoms with Gasteiger partial charge in [-0.1, -0.05) is 48.8 Å². The predicted molar refractivity (Wildman–Crippen MR) is 71.5 cm³/mol. The predicted octanol–water partition coefficient (Wildman–Crippen LogP) is 3.08. The second kappa shape index (κ2) is 4.75. The molecule has 0 atom stereocenters. The third kappa shape index (κ3) is 3.79. The number of hydrogen-bond acceptors (Lipinski definition) is 2. The molecule has 0 radical (unpaired) electrons. The van der Waals surface area contributed by atoms with Gasteiger partial charge in [0.15, 0.2) is 0 Å². The minimum atomic E-state index is -3.25. The van der Waals surface area contributed by atoms with Crippen LogP contribution in [0, 0.1) is 0 Å². The van der Waals surface area contributed by atoms with E-state index in [1.54, 1.807) is 12.1 Å². The highest BCUT2D eigenvalue weighted by atomic mass is 79.9. The smallest absolute Gasteiger partial charge is 0.242 e. The zero-order valence-corrected chi connectivity index (χ0v) is 12.0. The molecule has 0 aliphatic rings. The van der Waals surface area contributed by atoms with Crippen LogP contribution in [-0.4, -0.2) is 13.1 Å². The number of sulfonamides is 1. The maximum atomic E-state index is 11.3. The molecule has 0 fully saturated rings. The molecule has 0 spiro atoms. The van der Waals surface area contributed by atoms with Crippen LogP contribution in [0.5, 0.6) is 0 Å². The summed E-state index contributed by atoms with van der Waals surface area (Å²) in [5.41, 5.74) is 1.84. The van der Waals surface area contributed by atoms with Crippen molar-refractivity contribution in [3.05, 3.63) is 29.8 Å². The molecular formula is C11H16BrNO2S. The number of anilines is 1. The fourth-order valence-electron chi connectivity index (χ4n) is 1.25. The minimum Gasteiger partial charge on any atom is -0.283 e. The summed E-state index contributed by atoms with van der Waals surface area (Å²) < 4.78 is 25.0. The van der Waals surface area contributed by atoms with E-state index in [1.165, 1.54) is 5.56 Å². The monoisotopic (exact) mass is 305 g/mol. The van der Waals surface area contributed by atoms with Crippen LogP contribution in [0.4, 0.5) is 5.69 Å². The summed E-state index contributed by atoms with van der Waals surface area (Å²) in [6.45, 7) is 6.35. The Hall–Kier alpha value is -0.550. The van der Waals surface area contributed by atoms with Gasteiger partial charge in [0, 0.05) is 5.69 Å². The zero-order valence-electron chi connectivity index (χ0n) is 9.62. The molecule has 1 aromatic rings. The number of alkyl halides is 1. The van der Waals surface area contributed by atoms with Crippen LogP contribution in [0.3, 0.4) is 0 Å². The molecule has 0 amide bonds. The molecule has 0 saturated carbocycles. The van der Waals surface area contributed by atoms with Gasteiger partial charge in [-0.05, 0) is 23.1 Å². The molecule has 3 nitrogen and oxygen atoms in total. The van der Waals surface area contributed by atoms with Crippen molar-refractivity contribution in [3.8, 4) is 0 Å². The van der Waals surface area contributed by atoms with Crippen molar-refractivity contribution >= 4 is 31.6 Å². The first-order chi connectivity index (χ1) is 7.24. The standard InChI is InChI=1S/C11H16BrNO2S/c1-11(2,3)9-4-6-10(7-5-9)13-16(14,15)8-12/h4-7,13H,8H2,1-3H3. The number of benzene rings is 1. The van der Waals surface area contributed by atoms with Gasteiger partial charge in [0.2, 0.25) is 10.0 Å². The maximum absolute atomic E-state index is 11.3. The molecule has 0 unspecified atom stereocenters. The molecule has 0 heterocycles. The fraction of sp³-hybridized carbons (Fsp3) is 0.455. The lowest BCUT2D eigenvalue weighted by Gasteiger charge is -2.19. The Morgan fingerprint density at radius 2 is 1.69 bits per heavy atom. The Balaban J connectivity index is 2.89. The van der Waals surface area contributed by atoms with E-state index in [9.17, 15) is 8.42 Å². The number of hydrogen-bond donors (Lipinski definition) is 1. The van der Waals surface area contributed by atoms with Crippen LogP contribution >= 0.6 is 15.9 Å². The van der Waals surface area contributed by atoms with Crippen LogP contribution in [-0.2, 0) is 15.4 Å². The van der Waals surface area contributed by atoms with Gasteiger partial charge in [0.25, 0.3) is 0 Å². The topological polar surface area (TPSA) is 46.2 Å². The van der Waals surface area contributed by atoms with Crippen molar-refractivity contribution in [1.82, 2.24) is 0 Å². The van der Waals surface area contributed by atoms with Crippen molar-refractivity contribution < 1.29 is 8.42 Å². The Labute approximate surface area is 105 Å². The highest BCUT2D eigenvalue weighted by Gasteiger charge is 2.13. The lowest BCUT2D eigenvalue weighted by Crippen LogP contribution is -2.14. The third-order valence-electron chi connectivity index (χ3n) is 2.17. The molecular weight excluding hydrogens is 290 g/mol. The molecule has 0 saturated heterocycles. The van der Waals surface area contributed by atoms with Gasteiger partial charge in [-0.15, -0.1) is 0 Å². The normalized spacial score (nSPS) is 12.5. The maximum Gasteiger partial charge on any atom is 0.242 e. The number of halogens is 1. The van der Waals surface area contributed by atoms with Crippen molar-refractivity contribution in [2.75, 3.05) is 9.38 Å². The van der Waals surface area contributed by atoms with Crippen molar-refractivity contribution in [2.45, 2.75) is 26.2 Å². The van der Waals surface area contributed by atoms with Crippen LogP contribution in [0.1, 0.15) is 26.3 Å². The highest BCUT2D eigenvalue weighted by molar-refractivity contribution is 9.10. The average Bonchev–Trinajstić information content (AvgIpc) is 2.16. The quantitative estimate of drug-likeness (QED) is 0.872. The SMILES string of the molecule is CC(C)(C)c1ccc(NS(=O)(=O)CBr)cc1. The summed E-state index contributed by atoms with van der Waals surface area (Å²) >= 11 is 2.92. The van der Waals surface area contributed by atoms with E-state index in [0.29, 0.717) is 5.69 Å². The average molecular weight is 306 g/mol. The van der Waals surface area contributed by atoms with Gasteiger partial charge < -0.3 is 0 Å². The minimum absolute atomic E-state index is 0.0762. The molecule has 1 N–H and O–H groups in total. The molecule has 5 heteroatoms. The number of rotatable bonds is 3. The van der Waals surface area contributed by atoms with Crippen LogP contribution in [0.15, 0.2) is 24.3 Å². The van der Waals surface area contributed by atoms with Crippen LogP contribution in [0.25, 0.3) is 0 Å². The molecule has 1 rings (SSSR count). The molecule has 0 bridgehead atoms. The second-order valence-electron chi connectivity index (χ2n) is 4.65. The van der Waals surface area contributed by atoms with Crippen LogP contribution in [0.2, 0.25) is 0 Å². The molecule has 1 aromatic carbocycles. The van der Waals surface area contributed by atoms with Gasteiger partial charge in [0.1, 0.15) is 4.66 Å². The van der Waals surface area contributed by atoms with Crippen molar-refractivity contribution in [3.63, 3.8) is 0 Å². The summed E-state index contributed by atoms with van der Waals surface area (Å²) in [6, 6.07) is 7.43. The first kappa shape index (κ1) is 13.5. The van der Waals surface area contributed by atoms with E-state index in [-0.39, 0.29) is 10.1 Å². The summed E-state index contributed by atoms with van der Waals surface area (Å²) in [5.74, 6) is 0. The van der Waals surface area contributed by atoms with E-state index >= 15 is 0 Å². The number of nitrogens with one attached hydrogen (secondary N) is 1. The van der Waals surface area contributed by atoms with Gasteiger partial charge >= 0.3 is 0 Å². The van der Waals surface area contributed by atoms with E-state index in [1.807, 2.05) is 12.1 Å². The summed E-state index contributed by atoms with van der Waals surface area (Å²) in [7, 11) is -3.25. The fourth-order valence-corrected chi connectivity index (χ4v) is 2.14. The second-order valence-corrected chi connectivity index (χ2v) is 7.68. The van der Waals surface area contributed by atoms with E-state index < -0.39 is 10.0 Å². The summed E-state index contributed by atoms with van der Waals surface area (Å²) in [6.07, 6.45) is 0. The zero-order chi connectivity index (χ0) is 12.4. The molecule has 90 valence electrons. The Bertz CT molecular complexity index is 446. The van der Waals surface area contributed by atoms with E-state index in [0.717, 1.165) is 0 Å². The Kier molecular flexibility index (Phi) is 4.02. The van der Waals surface area contributed by atoms with Gasteiger partial charge in [-0.25, -0.2) is 8.42 Å². The third-order valence-corrected chi connectivity index (χ3v) is 4.81. The van der Waals surface area contributed by atoms with Crippen molar-refractivity contribution in [2.24, 2.45) is 0 Å². The summed E-state index contributed by atoms with van der Waals surface area (Å²) in [5, 5.41) is 0. The molecule has 0 aromatic heterocycles. The lowest BCUT2D eigenvalue weighted by molar-refractivity contribution is 0.590. The van der Waals surface area contributed by atoms with Gasteiger partial charge in [-0.2, -0.15) is 0 Å².